The zero-order valence-corrected chi connectivity index (χ0v) is 11.2. The Balaban J connectivity index is 2.11. The number of hydrogen-bond donors (Lipinski definition) is 1. The van der Waals surface area contributed by atoms with Gasteiger partial charge < -0.3 is 14.6 Å². The maximum Gasteiger partial charge on any atom is 0.356 e. The third-order valence-electron chi connectivity index (χ3n) is 3.15. The molecule has 1 aliphatic rings. The maximum absolute atomic E-state index is 11.1. The van der Waals surface area contributed by atoms with Gasteiger partial charge in [-0.05, 0) is 24.1 Å². The van der Waals surface area contributed by atoms with Crippen LogP contribution in [-0.4, -0.2) is 27.6 Å². The van der Waals surface area contributed by atoms with Crippen molar-refractivity contribution in [2.45, 2.75) is 19.8 Å². The Morgan fingerprint density at radius 1 is 1.30 bits per heavy atom. The number of fused-ring (bicyclic) bond motifs is 1. The molecule has 2 aromatic rings. The van der Waals surface area contributed by atoms with Gasteiger partial charge in [-0.1, -0.05) is 13.8 Å². The van der Waals surface area contributed by atoms with Crippen LogP contribution in [0.5, 0.6) is 11.5 Å². The Bertz CT molecular complexity index is 676. The average Bonchev–Trinajstić information content (AvgIpc) is 3.04. The monoisotopic (exact) mass is 274 g/mol. The van der Waals surface area contributed by atoms with Crippen molar-refractivity contribution in [3.63, 3.8) is 0 Å². The van der Waals surface area contributed by atoms with Crippen LogP contribution in [0, 0.1) is 0 Å². The highest BCUT2D eigenvalue weighted by Crippen LogP contribution is 2.34. The fourth-order valence-corrected chi connectivity index (χ4v) is 2.14. The average molecular weight is 274 g/mol. The van der Waals surface area contributed by atoms with Crippen molar-refractivity contribution in [1.82, 2.24) is 9.78 Å². The predicted octanol–water partition coefficient (Wildman–Crippen LogP) is 2.42. The molecule has 0 atom stereocenters. The number of carboxylic acids is 1. The molecule has 2 heterocycles. The van der Waals surface area contributed by atoms with Crippen molar-refractivity contribution < 1.29 is 19.4 Å². The molecular formula is C14H14N2O4. The summed E-state index contributed by atoms with van der Waals surface area (Å²) in [5.41, 5.74) is 1.62. The second-order valence-corrected chi connectivity index (χ2v) is 4.86. The fraction of sp³-hybridized carbons (Fsp3) is 0.286. The summed E-state index contributed by atoms with van der Waals surface area (Å²) in [5, 5.41) is 13.2. The molecule has 20 heavy (non-hydrogen) atoms. The molecule has 0 amide bonds. The van der Waals surface area contributed by atoms with Crippen LogP contribution in [-0.2, 0) is 0 Å². The smallest absolute Gasteiger partial charge is 0.356 e. The van der Waals surface area contributed by atoms with Gasteiger partial charge in [0.15, 0.2) is 17.2 Å². The minimum atomic E-state index is -1.04. The molecule has 1 aliphatic heterocycles. The van der Waals surface area contributed by atoms with Gasteiger partial charge in [-0.3, -0.25) is 0 Å². The summed E-state index contributed by atoms with van der Waals surface area (Å²) in [5.74, 6) is 0.447. The second kappa shape index (κ2) is 4.56. The van der Waals surface area contributed by atoms with Crippen molar-refractivity contribution in [1.29, 1.82) is 0 Å². The number of aromatic carboxylic acids is 1. The lowest BCUT2D eigenvalue weighted by Gasteiger charge is -2.10. The van der Waals surface area contributed by atoms with Crippen LogP contribution in [0.2, 0.25) is 0 Å². The Labute approximate surface area is 115 Å². The van der Waals surface area contributed by atoms with Gasteiger partial charge in [-0.2, -0.15) is 5.10 Å². The Morgan fingerprint density at radius 2 is 2.05 bits per heavy atom. The van der Waals surface area contributed by atoms with Crippen molar-refractivity contribution in [3.8, 4) is 17.2 Å². The molecule has 104 valence electrons. The largest absolute Gasteiger partial charge is 0.476 e. The molecule has 1 N–H and O–H groups in total. The Kier molecular flexibility index (Phi) is 2.85. The van der Waals surface area contributed by atoms with Gasteiger partial charge in [0.25, 0.3) is 0 Å². The van der Waals surface area contributed by atoms with Gasteiger partial charge in [-0.25, -0.2) is 9.48 Å². The minimum Gasteiger partial charge on any atom is -0.476 e. The quantitative estimate of drug-likeness (QED) is 0.930. The van der Waals surface area contributed by atoms with E-state index in [0.717, 1.165) is 11.4 Å². The third-order valence-corrected chi connectivity index (χ3v) is 3.15. The van der Waals surface area contributed by atoms with E-state index < -0.39 is 5.97 Å². The van der Waals surface area contributed by atoms with E-state index in [1.807, 2.05) is 19.9 Å². The minimum absolute atomic E-state index is 0.0337. The van der Waals surface area contributed by atoms with E-state index in [9.17, 15) is 4.79 Å². The van der Waals surface area contributed by atoms with Gasteiger partial charge >= 0.3 is 5.97 Å². The van der Waals surface area contributed by atoms with Crippen LogP contribution >= 0.6 is 0 Å². The highest BCUT2D eigenvalue weighted by Gasteiger charge is 2.19. The number of carboxylic acid groups (broad SMARTS) is 1. The van der Waals surface area contributed by atoms with Crippen LogP contribution in [0.15, 0.2) is 24.3 Å². The summed E-state index contributed by atoms with van der Waals surface area (Å²) in [6.07, 6.45) is 0. The van der Waals surface area contributed by atoms with Crippen molar-refractivity contribution >= 4 is 5.97 Å². The zero-order chi connectivity index (χ0) is 14.3. The molecule has 6 nitrogen and oxygen atoms in total. The first-order chi connectivity index (χ1) is 9.56. The third kappa shape index (κ3) is 1.99. The van der Waals surface area contributed by atoms with Crippen LogP contribution in [0.3, 0.4) is 0 Å². The second-order valence-electron chi connectivity index (χ2n) is 4.86. The number of benzene rings is 1. The maximum atomic E-state index is 11.1. The molecule has 0 fully saturated rings. The lowest BCUT2D eigenvalue weighted by Crippen LogP contribution is -2.04. The lowest BCUT2D eigenvalue weighted by molar-refractivity contribution is 0.0690. The van der Waals surface area contributed by atoms with Crippen LogP contribution in [0.25, 0.3) is 5.69 Å². The van der Waals surface area contributed by atoms with Gasteiger partial charge in [0, 0.05) is 11.8 Å². The molecule has 1 aromatic heterocycles. The van der Waals surface area contributed by atoms with Crippen LogP contribution in [0.1, 0.15) is 35.9 Å². The van der Waals surface area contributed by atoms with E-state index in [2.05, 4.69) is 5.10 Å². The molecule has 0 spiro atoms. The first-order valence-corrected chi connectivity index (χ1v) is 6.29. The highest BCUT2D eigenvalue weighted by atomic mass is 16.7. The van der Waals surface area contributed by atoms with E-state index in [0.29, 0.717) is 11.5 Å². The lowest BCUT2D eigenvalue weighted by atomic mass is 10.1. The molecule has 6 heteroatoms. The Hall–Kier alpha value is -2.50. The first kappa shape index (κ1) is 12.5. The normalized spacial score (nSPS) is 12.9. The standard InChI is InChI=1S/C14H14N2O4/c1-8(2)11-6-10(14(17)18)15-16(11)9-3-4-12-13(5-9)20-7-19-12/h3-6,8H,7H2,1-2H3,(H,17,18). The van der Waals surface area contributed by atoms with E-state index in [1.54, 1.807) is 22.9 Å². The van der Waals surface area contributed by atoms with Crippen molar-refractivity contribution in [2.75, 3.05) is 6.79 Å². The molecular weight excluding hydrogens is 260 g/mol. The number of hydrogen-bond acceptors (Lipinski definition) is 4. The summed E-state index contributed by atoms with van der Waals surface area (Å²) in [6.45, 7) is 4.19. The predicted molar refractivity (Wildman–Crippen MR) is 70.7 cm³/mol. The topological polar surface area (TPSA) is 73.6 Å². The molecule has 0 unspecified atom stereocenters. The Morgan fingerprint density at radius 3 is 2.75 bits per heavy atom. The SMILES string of the molecule is CC(C)c1cc(C(=O)O)nn1-c1ccc2c(c1)OCO2. The summed E-state index contributed by atoms with van der Waals surface area (Å²) in [4.78, 5) is 11.1. The molecule has 3 rings (SSSR count). The molecule has 0 aliphatic carbocycles. The first-order valence-electron chi connectivity index (χ1n) is 6.29. The highest BCUT2D eigenvalue weighted by molar-refractivity contribution is 5.85. The molecule has 0 bridgehead atoms. The van der Waals surface area contributed by atoms with E-state index in [1.165, 1.54) is 0 Å². The van der Waals surface area contributed by atoms with E-state index in [4.69, 9.17) is 14.6 Å². The van der Waals surface area contributed by atoms with Gasteiger partial charge in [0.2, 0.25) is 6.79 Å². The van der Waals surface area contributed by atoms with Crippen LogP contribution in [0.4, 0.5) is 0 Å². The molecule has 1 aromatic carbocycles. The van der Waals surface area contributed by atoms with Gasteiger partial charge in [-0.15, -0.1) is 0 Å². The molecule has 0 radical (unpaired) electrons. The number of aromatic nitrogens is 2. The number of rotatable bonds is 3. The summed E-state index contributed by atoms with van der Waals surface area (Å²) >= 11 is 0. The van der Waals surface area contributed by atoms with Gasteiger partial charge in [0.1, 0.15) is 0 Å². The summed E-state index contributed by atoms with van der Waals surface area (Å²) < 4.78 is 12.2. The van der Waals surface area contributed by atoms with Crippen molar-refractivity contribution in [2.24, 2.45) is 0 Å². The number of nitrogens with zero attached hydrogens (tertiary/aromatic N) is 2. The summed E-state index contributed by atoms with van der Waals surface area (Å²) in [7, 11) is 0. The van der Waals surface area contributed by atoms with Gasteiger partial charge in [0.05, 0.1) is 5.69 Å². The zero-order valence-electron chi connectivity index (χ0n) is 11.2. The molecule has 0 saturated heterocycles. The molecule has 0 saturated carbocycles. The van der Waals surface area contributed by atoms with E-state index >= 15 is 0 Å². The van der Waals surface area contributed by atoms with Crippen LogP contribution < -0.4 is 9.47 Å². The number of ether oxygens (including phenoxy) is 2. The number of carbonyl (C=O) groups is 1. The van der Waals surface area contributed by atoms with E-state index in [-0.39, 0.29) is 18.4 Å². The fourth-order valence-electron chi connectivity index (χ4n) is 2.14. The van der Waals surface area contributed by atoms with Crippen molar-refractivity contribution in [3.05, 3.63) is 35.7 Å². The summed E-state index contributed by atoms with van der Waals surface area (Å²) in [6, 6.07) is 7.02.